The van der Waals surface area contributed by atoms with E-state index in [9.17, 15) is 16.8 Å². The topological polar surface area (TPSA) is 109 Å². The molecular formula is C10H10O6S2. The molecule has 0 saturated heterocycles. The summed E-state index contributed by atoms with van der Waals surface area (Å²) >= 11 is 0. The summed E-state index contributed by atoms with van der Waals surface area (Å²) in [6.07, 6.45) is 2.31. The van der Waals surface area contributed by atoms with Gasteiger partial charge >= 0.3 is 0 Å². The predicted molar refractivity (Wildman–Crippen MR) is 66.3 cm³/mol. The summed E-state index contributed by atoms with van der Waals surface area (Å²) < 4.78 is 62.2. The third-order valence-corrected chi connectivity index (χ3v) is 3.87. The lowest BCUT2D eigenvalue weighted by Gasteiger charge is -2.09. The molecule has 0 aliphatic rings. The van der Waals surface area contributed by atoms with E-state index in [1.54, 1.807) is 0 Å². The molecule has 2 N–H and O–H groups in total. The van der Waals surface area contributed by atoms with Crippen molar-refractivity contribution in [2.24, 2.45) is 0 Å². The van der Waals surface area contributed by atoms with E-state index in [0.29, 0.717) is 6.07 Å². The summed E-state index contributed by atoms with van der Waals surface area (Å²) in [6.45, 7) is 6.76. The van der Waals surface area contributed by atoms with Gasteiger partial charge in [0.15, 0.2) is 0 Å². The third-order valence-electron chi connectivity index (χ3n) is 2.15. The SMILES string of the molecule is C=Cc1cc(S(=O)(=O)O)cc(S(=O)(=O)O)c1C=C. The smallest absolute Gasteiger partial charge is 0.282 e. The Labute approximate surface area is 105 Å². The minimum atomic E-state index is -4.66. The van der Waals surface area contributed by atoms with Crippen LogP contribution < -0.4 is 0 Å². The quantitative estimate of drug-likeness (QED) is 0.813. The average Bonchev–Trinajstić information content (AvgIpc) is 2.24. The predicted octanol–water partition coefficient (Wildman–Crippen LogP) is 1.47. The van der Waals surface area contributed by atoms with Crippen molar-refractivity contribution >= 4 is 32.4 Å². The molecule has 0 aliphatic heterocycles. The van der Waals surface area contributed by atoms with Gasteiger partial charge in [0.2, 0.25) is 0 Å². The molecular weight excluding hydrogens is 280 g/mol. The van der Waals surface area contributed by atoms with E-state index in [4.69, 9.17) is 9.11 Å². The van der Waals surface area contributed by atoms with Crippen LogP contribution in [0.4, 0.5) is 0 Å². The fourth-order valence-corrected chi connectivity index (χ4v) is 2.74. The average molecular weight is 290 g/mol. The zero-order chi connectivity index (χ0) is 14.1. The Morgan fingerprint density at radius 3 is 1.83 bits per heavy atom. The van der Waals surface area contributed by atoms with Gasteiger partial charge in [-0.1, -0.05) is 25.3 Å². The molecule has 8 heteroatoms. The first-order valence-corrected chi connectivity index (χ1v) is 7.37. The van der Waals surface area contributed by atoms with E-state index >= 15 is 0 Å². The molecule has 0 heterocycles. The Balaban J connectivity index is 3.90. The molecule has 0 amide bonds. The van der Waals surface area contributed by atoms with Crippen LogP contribution in [0.3, 0.4) is 0 Å². The van der Waals surface area contributed by atoms with Crippen molar-refractivity contribution < 1.29 is 25.9 Å². The number of hydrogen-bond donors (Lipinski definition) is 2. The third kappa shape index (κ3) is 2.85. The van der Waals surface area contributed by atoms with Gasteiger partial charge in [-0.3, -0.25) is 9.11 Å². The number of hydrogen-bond acceptors (Lipinski definition) is 4. The maximum absolute atomic E-state index is 11.2. The van der Waals surface area contributed by atoms with Crippen LogP contribution in [0, 0.1) is 0 Å². The van der Waals surface area contributed by atoms with E-state index in [1.807, 2.05) is 0 Å². The second kappa shape index (κ2) is 4.65. The Kier molecular flexibility index (Phi) is 3.77. The van der Waals surface area contributed by atoms with Gasteiger partial charge in [-0.15, -0.1) is 0 Å². The van der Waals surface area contributed by atoms with Crippen molar-refractivity contribution in [2.45, 2.75) is 9.79 Å². The van der Waals surface area contributed by atoms with Crippen molar-refractivity contribution in [3.05, 3.63) is 36.4 Å². The Bertz CT molecular complexity index is 713. The fourth-order valence-electron chi connectivity index (χ4n) is 1.37. The van der Waals surface area contributed by atoms with Gasteiger partial charge in [0, 0.05) is 5.56 Å². The van der Waals surface area contributed by atoms with Crippen molar-refractivity contribution in [1.29, 1.82) is 0 Å². The minimum Gasteiger partial charge on any atom is -0.282 e. The highest BCUT2D eigenvalue weighted by molar-refractivity contribution is 7.86. The molecule has 1 aromatic carbocycles. The zero-order valence-electron chi connectivity index (χ0n) is 9.07. The van der Waals surface area contributed by atoms with Crippen LogP contribution in [-0.2, 0) is 20.2 Å². The maximum atomic E-state index is 11.2. The molecule has 1 rings (SSSR count). The van der Waals surface area contributed by atoms with Crippen LogP contribution in [0.1, 0.15) is 11.1 Å². The maximum Gasteiger partial charge on any atom is 0.295 e. The Morgan fingerprint density at radius 1 is 0.944 bits per heavy atom. The van der Waals surface area contributed by atoms with Crippen LogP contribution in [0.15, 0.2) is 35.1 Å². The van der Waals surface area contributed by atoms with Crippen molar-refractivity contribution in [3.8, 4) is 0 Å². The number of benzene rings is 1. The van der Waals surface area contributed by atoms with Gasteiger partial charge in [-0.2, -0.15) is 16.8 Å². The second-order valence-corrected chi connectivity index (χ2v) is 6.09. The van der Waals surface area contributed by atoms with Gasteiger partial charge in [0.05, 0.1) is 4.90 Å². The van der Waals surface area contributed by atoms with Gasteiger partial charge in [0.1, 0.15) is 4.90 Å². The van der Waals surface area contributed by atoms with Crippen LogP contribution in [0.5, 0.6) is 0 Å². The first-order valence-electron chi connectivity index (χ1n) is 4.49. The summed E-state index contributed by atoms with van der Waals surface area (Å²) in [5, 5.41) is 0. The summed E-state index contributed by atoms with van der Waals surface area (Å²) in [5.41, 5.74) is 0.104. The Morgan fingerprint density at radius 2 is 1.50 bits per heavy atom. The van der Waals surface area contributed by atoms with E-state index in [-0.39, 0.29) is 11.1 Å². The molecule has 18 heavy (non-hydrogen) atoms. The summed E-state index contributed by atoms with van der Waals surface area (Å²) in [7, 11) is -9.26. The van der Waals surface area contributed by atoms with Crippen molar-refractivity contribution in [1.82, 2.24) is 0 Å². The molecule has 1 aromatic rings. The molecule has 6 nitrogen and oxygen atoms in total. The van der Waals surface area contributed by atoms with Crippen LogP contribution >= 0.6 is 0 Å². The lowest BCUT2D eigenvalue weighted by atomic mass is 10.1. The van der Waals surface area contributed by atoms with Crippen LogP contribution in [0.25, 0.3) is 12.2 Å². The van der Waals surface area contributed by atoms with Crippen LogP contribution in [-0.4, -0.2) is 25.9 Å². The molecule has 0 radical (unpaired) electrons. The molecule has 98 valence electrons. The van der Waals surface area contributed by atoms with Gasteiger partial charge in [0.25, 0.3) is 20.2 Å². The first kappa shape index (κ1) is 14.6. The van der Waals surface area contributed by atoms with Crippen molar-refractivity contribution in [3.63, 3.8) is 0 Å². The van der Waals surface area contributed by atoms with Gasteiger partial charge in [-0.05, 0) is 17.7 Å². The molecule has 0 fully saturated rings. The van der Waals surface area contributed by atoms with E-state index in [2.05, 4.69) is 13.2 Å². The molecule has 0 bridgehead atoms. The molecule has 0 aliphatic carbocycles. The lowest BCUT2D eigenvalue weighted by Crippen LogP contribution is -2.06. The largest absolute Gasteiger partial charge is 0.295 e. The number of rotatable bonds is 4. The molecule has 0 spiro atoms. The van der Waals surface area contributed by atoms with E-state index < -0.39 is 30.0 Å². The monoisotopic (exact) mass is 290 g/mol. The second-order valence-electron chi connectivity index (χ2n) is 3.28. The standard InChI is InChI=1S/C10H10O6S2/c1-3-7-5-8(17(11,12)13)6-10(9(7)4-2)18(14,15)16/h3-6H,1-2H2,(H,11,12,13)(H,14,15,16). The highest BCUT2D eigenvalue weighted by Crippen LogP contribution is 2.26. The molecule has 0 atom stereocenters. The first-order chi connectivity index (χ1) is 8.11. The van der Waals surface area contributed by atoms with E-state index in [0.717, 1.165) is 12.1 Å². The highest BCUT2D eigenvalue weighted by atomic mass is 32.2. The highest BCUT2D eigenvalue weighted by Gasteiger charge is 2.21. The minimum absolute atomic E-state index is 0.0000926. The van der Waals surface area contributed by atoms with Gasteiger partial charge in [-0.25, -0.2) is 0 Å². The van der Waals surface area contributed by atoms with Crippen LogP contribution in [0.2, 0.25) is 0 Å². The normalized spacial score (nSPS) is 12.1. The molecule has 0 unspecified atom stereocenters. The summed E-state index contributed by atoms with van der Waals surface area (Å²) in [4.78, 5) is -1.32. The Hall–Kier alpha value is -1.48. The summed E-state index contributed by atoms with van der Waals surface area (Å²) in [5.74, 6) is 0. The lowest BCUT2D eigenvalue weighted by molar-refractivity contribution is 0.481. The van der Waals surface area contributed by atoms with Crippen molar-refractivity contribution in [2.75, 3.05) is 0 Å². The zero-order valence-corrected chi connectivity index (χ0v) is 10.7. The molecule has 0 aromatic heterocycles. The van der Waals surface area contributed by atoms with E-state index in [1.165, 1.54) is 6.08 Å². The fraction of sp³-hybridized carbons (Fsp3) is 0. The van der Waals surface area contributed by atoms with Gasteiger partial charge < -0.3 is 0 Å². The molecule has 0 saturated carbocycles. The summed E-state index contributed by atoms with van der Waals surface area (Å²) in [6, 6.07) is 1.67.